The van der Waals surface area contributed by atoms with Crippen molar-refractivity contribution >= 4 is 5.78 Å². The summed E-state index contributed by atoms with van der Waals surface area (Å²) in [5, 5.41) is 0. The van der Waals surface area contributed by atoms with E-state index in [4.69, 9.17) is 9.47 Å². The van der Waals surface area contributed by atoms with Crippen molar-refractivity contribution in [3.63, 3.8) is 0 Å². The standard InChI is InChI=1S/C24H29FN2O3/c1-4-21-22(5-2)30-23(24(21)28)17-26(3)19-11-14-27(15-12-19)13-6-16-29-20-9-7-18(25)8-10-20/h4-5,7-10,17,19H,1-2,6,11-16H2,3H3/b23-17+. The van der Waals surface area contributed by atoms with Gasteiger partial charge in [0, 0.05) is 38.9 Å². The summed E-state index contributed by atoms with van der Waals surface area (Å²) in [7, 11) is 1.99. The molecular formula is C24H29FN2O3. The first-order valence-corrected chi connectivity index (χ1v) is 10.3. The van der Waals surface area contributed by atoms with Crippen LogP contribution in [0, 0.1) is 5.82 Å². The van der Waals surface area contributed by atoms with Crippen LogP contribution in [-0.4, -0.2) is 54.9 Å². The maximum atomic E-state index is 12.9. The molecule has 1 aromatic carbocycles. The van der Waals surface area contributed by atoms with E-state index in [-0.39, 0.29) is 11.6 Å². The van der Waals surface area contributed by atoms with Crippen molar-refractivity contribution in [2.45, 2.75) is 25.3 Å². The maximum Gasteiger partial charge on any atom is 0.233 e. The molecule has 2 heterocycles. The molecule has 1 fully saturated rings. The fraction of sp³-hybridized carbons (Fsp3) is 0.375. The van der Waals surface area contributed by atoms with Crippen LogP contribution in [0.2, 0.25) is 0 Å². The van der Waals surface area contributed by atoms with Gasteiger partial charge in [0.25, 0.3) is 0 Å². The summed E-state index contributed by atoms with van der Waals surface area (Å²) in [6, 6.07) is 6.47. The number of rotatable bonds is 9. The number of benzene rings is 1. The zero-order chi connectivity index (χ0) is 21.5. The molecule has 0 unspecified atom stereocenters. The van der Waals surface area contributed by atoms with E-state index >= 15 is 0 Å². The predicted molar refractivity (Wildman–Crippen MR) is 115 cm³/mol. The monoisotopic (exact) mass is 412 g/mol. The highest BCUT2D eigenvalue weighted by molar-refractivity contribution is 6.11. The van der Waals surface area contributed by atoms with Crippen molar-refractivity contribution in [3.8, 4) is 5.75 Å². The highest BCUT2D eigenvalue weighted by Gasteiger charge is 2.29. The van der Waals surface area contributed by atoms with E-state index in [1.165, 1.54) is 24.3 Å². The van der Waals surface area contributed by atoms with E-state index in [0.29, 0.717) is 35.5 Å². The topological polar surface area (TPSA) is 42.0 Å². The first kappa shape index (κ1) is 21.8. The molecule has 1 aromatic rings. The summed E-state index contributed by atoms with van der Waals surface area (Å²) in [5.74, 6) is 1.08. The average molecular weight is 413 g/mol. The van der Waals surface area contributed by atoms with Crippen LogP contribution >= 0.6 is 0 Å². The minimum atomic E-state index is -0.256. The molecule has 0 aliphatic carbocycles. The third-order valence-electron chi connectivity index (χ3n) is 5.50. The van der Waals surface area contributed by atoms with Gasteiger partial charge in [-0.15, -0.1) is 0 Å². The Balaban J connectivity index is 1.40. The molecular weight excluding hydrogens is 383 g/mol. The van der Waals surface area contributed by atoms with E-state index in [9.17, 15) is 9.18 Å². The number of ether oxygens (including phenoxy) is 2. The van der Waals surface area contributed by atoms with Crippen molar-refractivity contribution in [1.82, 2.24) is 9.80 Å². The lowest BCUT2D eigenvalue weighted by atomic mass is 10.0. The summed E-state index contributed by atoms with van der Waals surface area (Å²) < 4.78 is 24.2. The minimum Gasteiger partial charge on any atom is -0.494 e. The summed E-state index contributed by atoms with van der Waals surface area (Å²) in [4.78, 5) is 16.9. The zero-order valence-corrected chi connectivity index (χ0v) is 17.5. The number of carbonyl (C=O) groups is 1. The van der Waals surface area contributed by atoms with Gasteiger partial charge < -0.3 is 19.3 Å². The van der Waals surface area contributed by atoms with Gasteiger partial charge in [-0.3, -0.25) is 4.79 Å². The van der Waals surface area contributed by atoms with Crippen LogP contribution in [-0.2, 0) is 9.53 Å². The molecule has 3 rings (SSSR count). The number of ketones is 1. The molecule has 0 radical (unpaired) electrons. The number of hydrogen-bond acceptors (Lipinski definition) is 5. The van der Waals surface area contributed by atoms with Gasteiger partial charge in [-0.1, -0.05) is 19.2 Å². The minimum absolute atomic E-state index is 0.148. The number of carbonyl (C=O) groups excluding carboxylic acids is 1. The smallest absolute Gasteiger partial charge is 0.233 e. The van der Waals surface area contributed by atoms with Crippen molar-refractivity contribution < 1.29 is 18.7 Å². The van der Waals surface area contributed by atoms with Crippen LogP contribution in [0.5, 0.6) is 5.75 Å². The average Bonchev–Trinajstić information content (AvgIpc) is 3.07. The van der Waals surface area contributed by atoms with Gasteiger partial charge >= 0.3 is 0 Å². The number of halogens is 1. The molecule has 5 nitrogen and oxygen atoms in total. The van der Waals surface area contributed by atoms with Crippen molar-refractivity contribution in [2.24, 2.45) is 0 Å². The number of likely N-dealkylation sites (tertiary alicyclic amines) is 1. The molecule has 6 heteroatoms. The van der Waals surface area contributed by atoms with Crippen LogP contribution in [0.3, 0.4) is 0 Å². The van der Waals surface area contributed by atoms with Crippen molar-refractivity contribution in [3.05, 3.63) is 78.7 Å². The summed E-state index contributed by atoms with van der Waals surface area (Å²) in [5.41, 5.74) is 0.460. The fourth-order valence-electron chi connectivity index (χ4n) is 3.74. The number of Topliss-reactive ketones (excluding diaryl/α,β-unsaturated/α-hetero) is 1. The second-order valence-electron chi connectivity index (χ2n) is 7.50. The summed E-state index contributed by atoms with van der Waals surface area (Å²) in [6.07, 6.45) is 7.79. The Morgan fingerprint density at radius 1 is 1.23 bits per heavy atom. The molecule has 30 heavy (non-hydrogen) atoms. The van der Waals surface area contributed by atoms with Gasteiger partial charge in [-0.25, -0.2) is 4.39 Å². The van der Waals surface area contributed by atoms with E-state index in [2.05, 4.69) is 23.0 Å². The zero-order valence-electron chi connectivity index (χ0n) is 17.5. The van der Waals surface area contributed by atoms with Gasteiger partial charge in [-0.2, -0.15) is 0 Å². The Hall–Kier alpha value is -2.86. The predicted octanol–water partition coefficient (Wildman–Crippen LogP) is 4.06. The quantitative estimate of drug-likeness (QED) is 0.452. The molecule has 0 aromatic heterocycles. The summed E-state index contributed by atoms with van der Waals surface area (Å²) in [6.45, 7) is 10.9. The number of piperidine rings is 1. The van der Waals surface area contributed by atoms with Gasteiger partial charge in [0.2, 0.25) is 5.78 Å². The molecule has 0 N–H and O–H groups in total. The van der Waals surface area contributed by atoms with E-state index < -0.39 is 0 Å². The number of allylic oxidation sites excluding steroid dienone is 3. The third-order valence-corrected chi connectivity index (χ3v) is 5.50. The third kappa shape index (κ3) is 5.39. The Morgan fingerprint density at radius 3 is 2.53 bits per heavy atom. The van der Waals surface area contributed by atoms with Gasteiger partial charge in [-0.05, 0) is 49.6 Å². The van der Waals surface area contributed by atoms with Gasteiger partial charge in [0.15, 0.2) is 5.76 Å². The number of nitrogens with zero attached hydrogens (tertiary/aromatic N) is 2. The van der Waals surface area contributed by atoms with E-state index in [0.717, 1.165) is 38.9 Å². The van der Waals surface area contributed by atoms with Gasteiger partial charge in [0.05, 0.1) is 12.2 Å². The molecule has 2 aliphatic rings. The molecule has 0 bridgehead atoms. The first-order chi connectivity index (χ1) is 14.5. The second-order valence-corrected chi connectivity index (χ2v) is 7.50. The fourth-order valence-corrected chi connectivity index (χ4v) is 3.74. The lowest BCUT2D eigenvalue weighted by Crippen LogP contribution is -2.42. The van der Waals surface area contributed by atoms with Crippen LogP contribution in [0.25, 0.3) is 0 Å². The second kappa shape index (κ2) is 10.3. The normalized spacial score (nSPS) is 19.1. The van der Waals surface area contributed by atoms with Crippen LogP contribution in [0.4, 0.5) is 4.39 Å². The highest BCUT2D eigenvalue weighted by Crippen LogP contribution is 2.27. The van der Waals surface area contributed by atoms with Crippen LogP contribution < -0.4 is 4.74 Å². The summed E-state index contributed by atoms with van der Waals surface area (Å²) >= 11 is 0. The molecule has 2 aliphatic heterocycles. The Bertz CT molecular complexity index is 837. The van der Waals surface area contributed by atoms with E-state index in [1.807, 2.05) is 7.05 Å². The first-order valence-electron chi connectivity index (χ1n) is 10.3. The maximum absolute atomic E-state index is 12.9. The molecule has 0 amide bonds. The highest BCUT2D eigenvalue weighted by atomic mass is 19.1. The lowest BCUT2D eigenvalue weighted by Gasteiger charge is -2.36. The molecule has 160 valence electrons. The SMILES string of the molecule is C=CC1=C(C=C)C(=O)/C(=C\N(C)C2CCN(CCCOc3ccc(F)cc3)CC2)O1. The van der Waals surface area contributed by atoms with Crippen LogP contribution in [0.15, 0.2) is 72.9 Å². The molecule has 0 atom stereocenters. The van der Waals surface area contributed by atoms with Crippen molar-refractivity contribution in [2.75, 3.05) is 33.3 Å². The molecule has 0 spiro atoms. The Kier molecular flexibility index (Phi) is 7.46. The van der Waals surface area contributed by atoms with E-state index in [1.54, 1.807) is 18.3 Å². The molecule has 0 saturated carbocycles. The van der Waals surface area contributed by atoms with Gasteiger partial charge in [0.1, 0.15) is 17.3 Å². The van der Waals surface area contributed by atoms with Crippen LogP contribution in [0.1, 0.15) is 19.3 Å². The largest absolute Gasteiger partial charge is 0.494 e. The Labute approximate surface area is 177 Å². The number of hydrogen-bond donors (Lipinski definition) is 0. The lowest BCUT2D eigenvalue weighted by molar-refractivity contribution is -0.113. The molecule has 1 saturated heterocycles. The Morgan fingerprint density at radius 2 is 1.93 bits per heavy atom. The van der Waals surface area contributed by atoms with Crippen molar-refractivity contribution in [1.29, 1.82) is 0 Å².